The summed E-state index contributed by atoms with van der Waals surface area (Å²) in [6.07, 6.45) is 2.42. The quantitative estimate of drug-likeness (QED) is 0.818. The molecule has 2 aliphatic heterocycles. The van der Waals surface area contributed by atoms with Gasteiger partial charge in [0.1, 0.15) is 0 Å². The summed E-state index contributed by atoms with van der Waals surface area (Å²) in [5.41, 5.74) is 4.10. The fourth-order valence-electron chi connectivity index (χ4n) is 3.72. The predicted molar refractivity (Wildman–Crippen MR) is 107 cm³/mol. The van der Waals surface area contributed by atoms with E-state index in [2.05, 4.69) is 71.3 Å². The van der Waals surface area contributed by atoms with Crippen LogP contribution in [-0.4, -0.2) is 56.6 Å². The molecule has 1 fully saturated rings. The molecule has 0 N–H and O–H groups in total. The first-order chi connectivity index (χ1) is 12.2. The minimum absolute atomic E-state index is 1.17. The van der Waals surface area contributed by atoms with E-state index in [0.717, 1.165) is 0 Å². The highest BCUT2D eigenvalue weighted by molar-refractivity contribution is 7.99. The van der Waals surface area contributed by atoms with Gasteiger partial charge in [0.25, 0.3) is 0 Å². The van der Waals surface area contributed by atoms with Gasteiger partial charge in [0.05, 0.1) is 11.4 Å². The highest BCUT2D eigenvalue weighted by Gasteiger charge is 2.20. The smallest absolute Gasteiger partial charge is 0.0550 e. The Kier molecular flexibility index (Phi) is 5.02. The molecule has 0 aliphatic carbocycles. The summed E-state index contributed by atoms with van der Waals surface area (Å²) in [7, 11) is 4.39. The molecule has 0 radical (unpaired) electrons. The van der Waals surface area contributed by atoms with Crippen molar-refractivity contribution >= 4 is 23.1 Å². The summed E-state index contributed by atoms with van der Waals surface area (Å²) in [5.74, 6) is 0. The molecule has 132 valence electrons. The predicted octanol–water partition coefficient (Wildman–Crippen LogP) is 4.10. The maximum Gasteiger partial charge on any atom is 0.0550 e. The van der Waals surface area contributed by atoms with Crippen molar-refractivity contribution in [2.24, 2.45) is 0 Å². The zero-order valence-electron chi connectivity index (χ0n) is 15.2. The Balaban J connectivity index is 1.39. The van der Waals surface area contributed by atoms with Gasteiger partial charge in [0, 0.05) is 43.0 Å². The van der Waals surface area contributed by atoms with Crippen LogP contribution < -0.4 is 4.90 Å². The molecular weight excluding hydrogens is 326 g/mol. The van der Waals surface area contributed by atoms with Crippen LogP contribution in [0.3, 0.4) is 0 Å². The van der Waals surface area contributed by atoms with E-state index in [1.54, 1.807) is 0 Å². The fourth-order valence-corrected chi connectivity index (χ4v) is 4.93. The number of para-hydroxylation sites is 1. The van der Waals surface area contributed by atoms with Crippen LogP contribution >= 0.6 is 11.8 Å². The lowest BCUT2D eigenvalue weighted by atomic mass is 10.1. The highest BCUT2D eigenvalue weighted by Crippen LogP contribution is 2.47. The molecule has 4 rings (SSSR count). The summed E-state index contributed by atoms with van der Waals surface area (Å²) < 4.78 is 0. The highest BCUT2D eigenvalue weighted by atomic mass is 32.2. The number of hydrogen-bond acceptors (Lipinski definition) is 4. The normalized spacial score (nSPS) is 18.1. The Hall–Kier alpha value is -1.49. The molecule has 2 aliphatic rings. The second-order valence-corrected chi connectivity index (χ2v) is 8.26. The number of aryl methyl sites for hydroxylation is 1. The van der Waals surface area contributed by atoms with Gasteiger partial charge in [-0.15, -0.1) is 0 Å². The van der Waals surface area contributed by atoms with Crippen molar-refractivity contribution in [1.82, 2.24) is 9.80 Å². The number of anilines is 2. The van der Waals surface area contributed by atoms with Crippen molar-refractivity contribution < 1.29 is 0 Å². The number of benzene rings is 2. The number of nitrogens with zero attached hydrogens (tertiary/aromatic N) is 3. The number of rotatable bonds is 4. The topological polar surface area (TPSA) is 9.72 Å². The molecule has 0 bridgehead atoms. The monoisotopic (exact) mass is 353 g/mol. The molecule has 2 aromatic carbocycles. The van der Waals surface area contributed by atoms with Crippen molar-refractivity contribution in [3.63, 3.8) is 0 Å². The van der Waals surface area contributed by atoms with E-state index in [1.807, 2.05) is 11.8 Å². The maximum atomic E-state index is 2.61. The van der Waals surface area contributed by atoms with E-state index in [0.29, 0.717) is 0 Å². The SMILES string of the molecule is CN1CCN(CCCc2ccc3c(c2)Sc2ccccc2N3C)CC1. The first-order valence-electron chi connectivity index (χ1n) is 9.25. The largest absolute Gasteiger partial charge is 0.343 e. The van der Waals surface area contributed by atoms with Gasteiger partial charge in [-0.3, -0.25) is 0 Å². The standard InChI is InChI=1S/C21H27N3S/c1-22-12-14-24(15-13-22)11-5-6-17-9-10-19-21(16-17)25-20-8-4-3-7-18(20)23(19)2/h3-4,7-10,16H,5-6,11-15H2,1-2H3. The number of hydrogen-bond donors (Lipinski definition) is 0. The van der Waals surface area contributed by atoms with Gasteiger partial charge in [-0.2, -0.15) is 0 Å². The van der Waals surface area contributed by atoms with Crippen molar-refractivity contribution in [3.8, 4) is 0 Å². The van der Waals surface area contributed by atoms with Crippen molar-refractivity contribution in [2.45, 2.75) is 22.6 Å². The zero-order valence-corrected chi connectivity index (χ0v) is 16.1. The van der Waals surface area contributed by atoms with Crippen LogP contribution in [0.4, 0.5) is 11.4 Å². The van der Waals surface area contributed by atoms with Gasteiger partial charge in [-0.1, -0.05) is 30.0 Å². The molecule has 4 heteroatoms. The van der Waals surface area contributed by atoms with Crippen LogP contribution in [0.25, 0.3) is 0 Å². The average molecular weight is 354 g/mol. The molecule has 0 saturated carbocycles. The molecule has 1 saturated heterocycles. The van der Waals surface area contributed by atoms with Crippen LogP contribution in [0, 0.1) is 0 Å². The van der Waals surface area contributed by atoms with Crippen molar-refractivity contribution in [1.29, 1.82) is 0 Å². The molecule has 0 unspecified atom stereocenters. The van der Waals surface area contributed by atoms with Gasteiger partial charge >= 0.3 is 0 Å². The van der Waals surface area contributed by atoms with E-state index >= 15 is 0 Å². The molecule has 0 aromatic heterocycles. The maximum absolute atomic E-state index is 2.61. The minimum atomic E-state index is 1.17. The van der Waals surface area contributed by atoms with Crippen molar-refractivity contribution in [2.75, 3.05) is 51.7 Å². The second-order valence-electron chi connectivity index (χ2n) is 7.18. The van der Waals surface area contributed by atoms with Crippen LogP contribution in [0.15, 0.2) is 52.3 Å². The van der Waals surface area contributed by atoms with Crippen LogP contribution in [0.2, 0.25) is 0 Å². The number of fused-ring (bicyclic) bond motifs is 2. The van der Waals surface area contributed by atoms with E-state index in [-0.39, 0.29) is 0 Å². The lowest BCUT2D eigenvalue weighted by Gasteiger charge is -2.32. The third kappa shape index (κ3) is 3.71. The summed E-state index contributed by atoms with van der Waals surface area (Å²) >= 11 is 1.90. The summed E-state index contributed by atoms with van der Waals surface area (Å²) in [5, 5.41) is 0. The van der Waals surface area contributed by atoms with E-state index in [9.17, 15) is 0 Å². The van der Waals surface area contributed by atoms with Crippen LogP contribution in [0.5, 0.6) is 0 Å². The van der Waals surface area contributed by atoms with Crippen molar-refractivity contribution in [3.05, 3.63) is 48.0 Å². The first kappa shape index (κ1) is 17.0. The van der Waals surface area contributed by atoms with Gasteiger partial charge in [0.2, 0.25) is 0 Å². The summed E-state index contributed by atoms with van der Waals surface area (Å²) in [4.78, 5) is 10.1. The molecule has 0 spiro atoms. The third-order valence-corrected chi connectivity index (χ3v) is 6.48. The van der Waals surface area contributed by atoms with Gasteiger partial charge in [0.15, 0.2) is 0 Å². The van der Waals surface area contributed by atoms with Crippen LogP contribution in [-0.2, 0) is 6.42 Å². The number of likely N-dealkylation sites (N-methyl/N-ethyl adjacent to an activating group) is 1. The molecule has 2 aromatic rings. The van der Waals surface area contributed by atoms with Gasteiger partial charge in [-0.25, -0.2) is 0 Å². The molecular formula is C21H27N3S. The fraction of sp³-hybridized carbons (Fsp3) is 0.429. The Bertz CT molecular complexity index is 738. The second kappa shape index (κ2) is 7.40. The van der Waals surface area contributed by atoms with Crippen LogP contribution in [0.1, 0.15) is 12.0 Å². The minimum Gasteiger partial charge on any atom is -0.343 e. The van der Waals surface area contributed by atoms with E-state index < -0.39 is 0 Å². The number of piperazine rings is 1. The molecule has 0 atom stereocenters. The Morgan fingerprint density at radius 1 is 0.880 bits per heavy atom. The molecule has 3 nitrogen and oxygen atoms in total. The van der Waals surface area contributed by atoms with E-state index in [1.165, 1.54) is 72.3 Å². The van der Waals surface area contributed by atoms with Gasteiger partial charge < -0.3 is 14.7 Å². The molecule has 0 amide bonds. The lowest BCUT2D eigenvalue weighted by Crippen LogP contribution is -2.44. The van der Waals surface area contributed by atoms with Gasteiger partial charge in [-0.05, 0) is 56.3 Å². The Labute approximate surface area is 155 Å². The first-order valence-corrected chi connectivity index (χ1v) is 10.1. The Morgan fingerprint density at radius 2 is 1.64 bits per heavy atom. The average Bonchev–Trinajstić information content (AvgIpc) is 2.63. The molecule has 2 heterocycles. The van der Waals surface area contributed by atoms with E-state index in [4.69, 9.17) is 0 Å². The lowest BCUT2D eigenvalue weighted by molar-refractivity contribution is 0.153. The zero-order chi connectivity index (χ0) is 17.2. The Morgan fingerprint density at radius 3 is 2.48 bits per heavy atom. The third-order valence-electron chi connectivity index (χ3n) is 5.37. The summed E-state index contributed by atoms with van der Waals surface area (Å²) in [6.45, 7) is 6.08. The molecule has 25 heavy (non-hydrogen) atoms. The summed E-state index contributed by atoms with van der Waals surface area (Å²) in [6, 6.07) is 15.7.